The number of guanidine groups is 1. The number of aliphatic hydroxyl groups is 1. The Bertz CT molecular complexity index is 766. The Morgan fingerprint density at radius 2 is 2.14 bits per heavy atom. The Labute approximate surface area is 165 Å². The number of aliphatic imine (C=N–C) groups is 1. The van der Waals surface area contributed by atoms with Crippen molar-refractivity contribution in [3.63, 3.8) is 0 Å². The van der Waals surface area contributed by atoms with E-state index in [1.165, 1.54) is 0 Å². The number of rotatable bonds is 8. The van der Waals surface area contributed by atoms with Crippen LogP contribution in [0.3, 0.4) is 0 Å². The normalized spacial score (nSPS) is 19.6. The number of hydrogen-bond acceptors (Lipinski definition) is 5. The number of aliphatic hydroxyl groups excluding tert-OH is 1. The van der Waals surface area contributed by atoms with Crippen LogP contribution < -0.4 is 15.4 Å². The quantitative estimate of drug-likeness (QED) is 0.468. The summed E-state index contributed by atoms with van der Waals surface area (Å²) in [5, 5.41) is 20.6. The largest absolute Gasteiger partial charge is 0.497 e. The minimum absolute atomic E-state index is 0.0255. The van der Waals surface area contributed by atoms with Gasteiger partial charge in [0.25, 0.3) is 0 Å². The van der Waals surface area contributed by atoms with Gasteiger partial charge in [-0.3, -0.25) is 4.99 Å². The lowest BCUT2D eigenvalue weighted by Gasteiger charge is -2.27. The number of methoxy groups -OCH3 is 1. The highest BCUT2D eigenvalue weighted by Crippen LogP contribution is 2.31. The van der Waals surface area contributed by atoms with Crippen molar-refractivity contribution in [2.45, 2.75) is 19.4 Å². The molecule has 1 fully saturated rings. The van der Waals surface area contributed by atoms with Crippen LogP contribution in [0.15, 0.2) is 41.5 Å². The summed E-state index contributed by atoms with van der Waals surface area (Å²) in [4.78, 5) is 4.28. The highest BCUT2D eigenvalue weighted by atomic mass is 16.5. The molecular weight excluding hydrogens is 358 g/mol. The lowest BCUT2D eigenvalue weighted by atomic mass is 9.84. The van der Waals surface area contributed by atoms with Crippen molar-refractivity contribution in [2.24, 2.45) is 10.4 Å². The number of benzene rings is 1. The zero-order chi connectivity index (χ0) is 19.8. The lowest BCUT2D eigenvalue weighted by molar-refractivity contribution is 0.127. The first-order chi connectivity index (χ1) is 13.7. The second-order valence-electron chi connectivity index (χ2n) is 7.01. The maximum Gasteiger partial charge on any atom is 0.191 e. The fraction of sp³-hybridized carbons (Fsp3) is 0.500. The monoisotopic (exact) mass is 387 g/mol. The molecule has 8 heteroatoms. The average molecular weight is 387 g/mol. The number of aromatic nitrogens is 2. The Kier molecular flexibility index (Phi) is 6.89. The third kappa shape index (κ3) is 5.02. The van der Waals surface area contributed by atoms with E-state index in [1.807, 2.05) is 41.2 Å². The molecule has 1 aromatic heterocycles. The predicted molar refractivity (Wildman–Crippen MR) is 108 cm³/mol. The summed E-state index contributed by atoms with van der Waals surface area (Å²) in [6.07, 6.45) is 3.61. The molecule has 1 aromatic carbocycles. The molecular formula is C20H29N5O3. The topological polar surface area (TPSA) is 92.9 Å². The number of nitrogens with one attached hydrogen (secondary N) is 2. The predicted octanol–water partition coefficient (Wildman–Crippen LogP) is 1.33. The third-order valence-electron chi connectivity index (χ3n) is 5.10. The van der Waals surface area contributed by atoms with Crippen LogP contribution in [-0.4, -0.2) is 61.4 Å². The molecule has 1 aliphatic heterocycles. The van der Waals surface area contributed by atoms with Crippen molar-refractivity contribution in [3.05, 3.63) is 42.2 Å². The molecule has 1 saturated heterocycles. The van der Waals surface area contributed by atoms with Crippen molar-refractivity contribution in [2.75, 3.05) is 40.5 Å². The van der Waals surface area contributed by atoms with Gasteiger partial charge in [0, 0.05) is 38.4 Å². The molecule has 0 bridgehead atoms. The Morgan fingerprint density at radius 1 is 1.32 bits per heavy atom. The van der Waals surface area contributed by atoms with E-state index in [0.29, 0.717) is 25.7 Å². The highest BCUT2D eigenvalue weighted by molar-refractivity contribution is 5.79. The van der Waals surface area contributed by atoms with Crippen LogP contribution in [0.1, 0.15) is 18.5 Å². The molecule has 1 aliphatic rings. The molecule has 0 saturated carbocycles. The Balaban J connectivity index is 1.53. The zero-order valence-electron chi connectivity index (χ0n) is 16.5. The van der Waals surface area contributed by atoms with Crippen molar-refractivity contribution in [1.82, 2.24) is 20.4 Å². The Morgan fingerprint density at radius 3 is 2.79 bits per heavy atom. The summed E-state index contributed by atoms with van der Waals surface area (Å²) in [6.45, 7) is 2.86. The summed E-state index contributed by atoms with van der Waals surface area (Å²) in [5.74, 6) is 1.53. The van der Waals surface area contributed by atoms with Gasteiger partial charge in [-0.1, -0.05) is 0 Å². The van der Waals surface area contributed by atoms with Gasteiger partial charge < -0.3 is 25.2 Å². The second-order valence-corrected chi connectivity index (χ2v) is 7.01. The van der Waals surface area contributed by atoms with Crippen molar-refractivity contribution in [3.8, 4) is 11.4 Å². The number of ether oxygens (including phenoxy) is 2. The van der Waals surface area contributed by atoms with E-state index < -0.39 is 0 Å². The molecule has 0 amide bonds. The van der Waals surface area contributed by atoms with Crippen LogP contribution in [0, 0.1) is 5.41 Å². The first-order valence-electron chi connectivity index (χ1n) is 9.50. The lowest BCUT2D eigenvalue weighted by Crippen LogP contribution is -2.44. The van der Waals surface area contributed by atoms with Gasteiger partial charge in [-0.25, -0.2) is 4.68 Å². The summed E-state index contributed by atoms with van der Waals surface area (Å²) >= 11 is 0. The molecule has 28 heavy (non-hydrogen) atoms. The van der Waals surface area contributed by atoms with Crippen molar-refractivity contribution < 1.29 is 14.6 Å². The molecule has 152 valence electrons. The van der Waals surface area contributed by atoms with Crippen LogP contribution in [0.5, 0.6) is 5.75 Å². The summed E-state index contributed by atoms with van der Waals surface area (Å²) < 4.78 is 12.6. The average Bonchev–Trinajstić information content (AvgIpc) is 3.39. The van der Waals surface area contributed by atoms with E-state index in [4.69, 9.17) is 9.47 Å². The molecule has 1 atom stereocenters. The fourth-order valence-corrected chi connectivity index (χ4v) is 3.31. The van der Waals surface area contributed by atoms with Crippen molar-refractivity contribution >= 4 is 5.96 Å². The van der Waals surface area contributed by atoms with Crippen LogP contribution in [-0.2, 0) is 11.3 Å². The van der Waals surface area contributed by atoms with E-state index in [9.17, 15) is 5.11 Å². The summed E-state index contributed by atoms with van der Waals surface area (Å²) in [5.41, 5.74) is 1.86. The summed E-state index contributed by atoms with van der Waals surface area (Å²) in [6, 6.07) is 9.73. The SMILES string of the molecule is CN=C(NCc1ccn(-c2ccc(OC)cc2)n1)NCC1(CCO)CCOC1. The maximum absolute atomic E-state index is 9.35. The standard InChI is InChI=1S/C20H29N5O3/c1-21-19(23-14-20(8-11-26)9-12-28-15-20)22-13-16-7-10-25(24-16)17-3-5-18(27-2)6-4-17/h3-7,10,26H,8-9,11-15H2,1-2H3,(H2,21,22,23). The van der Waals surface area contributed by atoms with Crippen LogP contribution in [0.4, 0.5) is 0 Å². The van der Waals surface area contributed by atoms with Gasteiger partial charge in [0.1, 0.15) is 5.75 Å². The zero-order valence-corrected chi connectivity index (χ0v) is 16.5. The maximum atomic E-state index is 9.35. The molecule has 2 aromatic rings. The van der Waals surface area contributed by atoms with E-state index >= 15 is 0 Å². The third-order valence-corrected chi connectivity index (χ3v) is 5.10. The molecule has 2 heterocycles. The van der Waals surface area contributed by atoms with Crippen LogP contribution in [0.2, 0.25) is 0 Å². The van der Waals surface area contributed by atoms with Crippen molar-refractivity contribution in [1.29, 1.82) is 0 Å². The van der Waals surface area contributed by atoms with Gasteiger partial charge in [0.2, 0.25) is 0 Å². The van der Waals surface area contributed by atoms with Gasteiger partial charge in [-0.2, -0.15) is 5.10 Å². The molecule has 0 spiro atoms. The first kappa shape index (κ1) is 20.2. The molecule has 0 aliphatic carbocycles. The molecule has 1 unspecified atom stereocenters. The smallest absolute Gasteiger partial charge is 0.191 e. The van der Waals surface area contributed by atoms with Gasteiger partial charge in [0.15, 0.2) is 5.96 Å². The highest BCUT2D eigenvalue weighted by Gasteiger charge is 2.34. The van der Waals surface area contributed by atoms with Gasteiger partial charge in [0.05, 0.1) is 31.6 Å². The van der Waals surface area contributed by atoms with Gasteiger partial charge in [-0.05, 0) is 43.2 Å². The minimum atomic E-state index is -0.0255. The Hall–Kier alpha value is -2.58. The number of hydrogen-bond donors (Lipinski definition) is 3. The van der Waals surface area contributed by atoms with E-state index in [0.717, 1.165) is 36.6 Å². The molecule has 3 rings (SSSR count). The van der Waals surface area contributed by atoms with E-state index in [1.54, 1.807) is 14.2 Å². The molecule has 8 nitrogen and oxygen atoms in total. The van der Waals surface area contributed by atoms with Crippen LogP contribution in [0.25, 0.3) is 5.69 Å². The van der Waals surface area contributed by atoms with Gasteiger partial charge in [-0.15, -0.1) is 0 Å². The number of nitrogens with zero attached hydrogens (tertiary/aromatic N) is 3. The molecule has 0 radical (unpaired) electrons. The first-order valence-corrected chi connectivity index (χ1v) is 9.50. The minimum Gasteiger partial charge on any atom is -0.497 e. The van der Waals surface area contributed by atoms with Crippen LogP contribution >= 0.6 is 0 Å². The van der Waals surface area contributed by atoms with Gasteiger partial charge >= 0.3 is 0 Å². The van der Waals surface area contributed by atoms with E-state index in [-0.39, 0.29) is 12.0 Å². The second kappa shape index (κ2) is 9.57. The summed E-state index contributed by atoms with van der Waals surface area (Å²) in [7, 11) is 3.40. The molecule has 3 N–H and O–H groups in total. The van der Waals surface area contributed by atoms with E-state index in [2.05, 4.69) is 20.7 Å². The fourth-order valence-electron chi connectivity index (χ4n) is 3.31.